The zero-order valence-corrected chi connectivity index (χ0v) is 13.7. The minimum atomic E-state index is -2.80. The van der Waals surface area contributed by atoms with Gasteiger partial charge in [0.05, 0.1) is 13.2 Å². The Labute approximate surface area is 135 Å². The Morgan fingerprint density at radius 1 is 1.39 bits per heavy atom. The molecule has 1 fully saturated rings. The Kier molecular flexibility index (Phi) is 5.76. The first-order valence-corrected chi connectivity index (χ1v) is 7.45. The molecule has 0 aromatic heterocycles. The summed E-state index contributed by atoms with van der Waals surface area (Å²) in [4.78, 5) is 6.25. The highest BCUT2D eigenvalue weighted by Gasteiger charge is 2.33. The fourth-order valence-corrected chi connectivity index (χ4v) is 2.35. The molecule has 1 saturated heterocycles. The van der Waals surface area contributed by atoms with Crippen LogP contribution in [0.25, 0.3) is 0 Å². The van der Waals surface area contributed by atoms with Crippen LogP contribution in [0.2, 0.25) is 0 Å². The van der Waals surface area contributed by atoms with Crippen LogP contribution < -0.4 is 10.1 Å². The fourth-order valence-electron chi connectivity index (χ4n) is 2.35. The predicted octanol–water partition coefficient (Wildman–Crippen LogP) is 2.33. The largest absolute Gasteiger partial charge is 0.435 e. The normalized spacial score (nSPS) is 16.9. The van der Waals surface area contributed by atoms with Gasteiger partial charge in [-0.1, -0.05) is 19.1 Å². The Morgan fingerprint density at radius 2 is 2.04 bits per heavy atom. The van der Waals surface area contributed by atoms with Gasteiger partial charge in [0.15, 0.2) is 5.96 Å². The summed E-state index contributed by atoms with van der Waals surface area (Å²) in [6.45, 7) is 2.29. The van der Waals surface area contributed by atoms with Crippen molar-refractivity contribution in [2.24, 2.45) is 10.4 Å². The van der Waals surface area contributed by atoms with Gasteiger partial charge >= 0.3 is 6.61 Å². The van der Waals surface area contributed by atoms with Crippen LogP contribution in [-0.2, 0) is 11.3 Å². The molecule has 1 aliphatic heterocycles. The van der Waals surface area contributed by atoms with Crippen molar-refractivity contribution in [2.75, 3.05) is 33.9 Å². The molecule has 23 heavy (non-hydrogen) atoms. The van der Waals surface area contributed by atoms with E-state index in [1.54, 1.807) is 19.2 Å². The van der Waals surface area contributed by atoms with Gasteiger partial charge in [-0.25, -0.2) is 0 Å². The maximum atomic E-state index is 12.1. The molecule has 0 bridgehead atoms. The van der Waals surface area contributed by atoms with Gasteiger partial charge in [-0.2, -0.15) is 8.78 Å². The molecular formula is C16H23F2N3O2. The molecule has 5 nitrogen and oxygen atoms in total. The number of guanidine groups is 1. The van der Waals surface area contributed by atoms with Crippen LogP contribution in [0.1, 0.15) is 12.5 Å². The number of rotatable bonds is 6. The first-order chi connectivity index (χ1) is 10.9. The standard InChI is InChI=1S/C16H23F2N3O2/c1-16(10-22-11-16)9-20-15(19-2)21(3)8-12-4-6-13(7-5-12)23-14(17)18/h4-7,14H,8-11H2,1-3H3,(H,19,20). The molecule has 1 heterocycles. The van der Waals surface area contributed by atoms with Crippen LogP contribution in [0.3, 0.4) is 0 Å². The molecule has 1 aliphatic rings. The summed E-state index contributed by atoms with van der Waals surface area (Å²) in [5, 5.41) is 3.34. The highest BCUT2D eigenvalue weighted by Crippen LogP contribution is 2.25. The fraction of sp³-hybridized carbons (Fsp3) is 0.562. The van der Waals surface area contributed by atoms with Crippen LogP contribution in [-0.4, -0.2) is 51.3 Å². The number of hydrogen-bond acceptors (Lipinski definition) is 3. The molecule has 2 rings (SSSR count). The number of ether oxygens (including phenoxy) is 2. The minimum absolute atomic E-state index is 0.158. The number of benzene rings is 1. The molecule has 0 atom stereocenters. The van der Waals surface area contributed by atoms with E-state index in [9.17, 15) is 8.78 Å². The van der Waals surface area contributed by atoms with Crippen LogP contribution >= 0.6 is 0 Å². The molecule has 0 unspecified atom stereocenters. The zero-order chi connectivity index (χ0) is 16.9. The van der Waals surface area contributed by atoms with E-state index in [-0.39, 0.29) is 11.2 Å². The van der Waals surface area contributed by atoms with Gasteiger partial charge in [-0.3, -0.25) is 4.99 Å². The lowest BCUT2D eigenvalue weighted by atomic mass is 9.89. The van der Waals surface area contributed by atoms with Crippen LogP contribution in [0.4, 0.5) is 8.78 Å². The molecule has 0 radical (unpaired) electrons. The van der Waals surface area contributed by atoms with E-state index in [1.807, 2.05) is 11.9 Å². The summed E-state index contributed by atoms with van der Waals surface area (Å²) in [6.07, 6.45) is 0. The Balaban J connectivity index is 1.87. The van der Waals surface area contributed by atoms with Gasteiger partial charge in [0.2, 0.25) is 0 Å². The number of nitrogens with one attached hydrogen (secondary N) is 1. The summed E-state index contributed by atoms with van der Waals surface area (Å²) in [7, 11) is 3.66. The van der Waals surface area contributed by atoms with Crippen LogP contribution in [0.15, 0.2) is 29.3 Å². The van der Waals surface area contributed by atoms with Crippen molar-refractivity contribution in [1.29, 1.82) is 0 Å². The minimum Gasteiger partial charge on any atom is -0.435 e. The lowest BCUT2D eigenvalue weighted by Gasteiger charge is -2.39. The lowest BCUT2D eigenvalue weighted by molar-refractivity contribution is -0.0972. The second-order valence-electron chi connectivity index (χ2n) is 6.08. The van der Waals surface area contributed by atoms with E-state index >= 15 is 0 Å². The molecule has 0 saturated carbocycles. The summed E-state index contributed by atoms with van der Waals surface area (Å²) in [6, 6.07) is 6.61. The third-order valence-corrected chi connectivity index (χ3v) is 3.72. The van der Waals surface area contributed by atoms with Crippen LogP contribution in [0, 0.1) is 5.41 Å². The third-order valence-electron chi connectivity index (χ3n) is 3.72. The molecule has 0 amide bonds. The Bertz CT molecular complexity index is 531. The van der Waals surface area contributed by atoms with Crippen molar-refractivity contribution in [3.8, 4) is 5.75 Å². The van der Waals surface area contributed by atoms with Crippen molar-refractivity contribution in [1.82, 2.24) is 10.2 Å². The summed E-state index contributed by atoms with van der Waals surface area (Å²) >= 11 is 0. The van der Waals surface area contributed by atoms with E-state index in [0.29, 0.717) is 6.54 Å². The van der Waals surface area contributed by atoms with Crippen molar-refractivity contribution in [3.05, 3.63) is 29.8 Å². The maximum absolute atomic E-state index is 12.1. The smallest absolute Gasteiger partial charge is 0.387 e. The van der Waals surface area contributed by atoms with E-state index in [0.717, 1.165) is 31.3 Å². The molecular weight excluding hydrogens is 304 g/mol. The van der Waals surface area contributed by atoms with Gasteiger partial charge < -0.3 is 19.7 Å². The predicted molar refractivity (Wildman–Crippen MR) is 84.8 cm³/mol. The van der Waals surface area contributed by atoms with Crippen molar-refractivity contribution < 1.29 is 18.3 Å². The molecule has 0 aliphatic carbocycles. The molecule has 0 spiro atoms. The van der Waals surface area contributed by atoms with Crippen molar-refractivity contribution in [2.45, 2.75) is 20.1 Å². The summed E-state index contributed by atoms with van der Waals surface area (Å²) < 4.78 is 33.9. The monoisotopic (exact) mass is 327 g/mol. The maximum Gasteiger partial charge on any atom is 0.387 e. The van der Waals surface area contributed by atoms with Crippen molar-refractivity contribution in [3.63, 3.8) is 0 Å². The number of aliphatic imine (C=N–C) groups is 1. The van der Waals surface area contributed by atoms with Gasteiger partial charge in [0, 0.05) is 32.6 Å². The van der Waals surface area contributed by atoms with Gasteiger partial charge in [-0.15, -0.1) is 0 Å². The van der Waals surface area contributed by atoms with Gasteiger partial charge in [0.1, 0.15) is 5.75 Å². The number of nitrogens with zero attached hydrogens (tertiary/aromatic N) is 2. The first kappa shape index (κ1) is 17.5. The van der Waals surface area contributed by atoms with Crippen LogP contribution in [0.5, 0.6) is 5.75 Å². The molecule has 7 heteroatoms. The molecule has 1 aromatic carbocycles. The van der Waals surface area contributed by atoms with Gasteiger partial charge in [-0.05, 0) is 17.7 Å². The van der Waals surface area contributed by atoms with Crippen molar-refractivity contribution >= 4 is 5.96 Å². The van der Waals surface area contributed by atoms with E-state index in [2.05, 4.69) is 22.0 Å². The topological polar surface area (TPSA) is 46.1 Å². The quantitative estimate of drug-likeness (QED) is 0.643. The lowest BCUT2D eigenvalue weighted by Crippen LogP contribution is -2.51. The molecule has 1 N–H and O–H groups in total. The molecule has 1 aromatic rings. The first-order valence-electron chi connectivity index (χ1n) is 7.45. The number of halogens is 2. The average Bonchev–Trinajstić information content (AvgIpc) is 2.47. The number of alkyl halides is 2. The summed E-state index contributed by atoms with van der Waals surface area (Å²) in [5.41, 5.74) is 1.14. The summed E-state index contributed by atoms with van der Waals surface area (Å²) in [5.74, 6) is 0.942. The highest BCUT2D eigenvalue weighted by molar-refractivity contribution is 5.79. The molecule has 128 valence electrons. The number of hydrogen-bond donors (Lipinski definition) is 1. The second kappa shape index (κ2) is 7.59. The Morgan fingerprint density at radius 3 is 2.52 bits per heavy atom. The highest BCUT2D eigenvalue weighted by atomic mass is 19.3. The van der Waals surface area contributed by atoms with E-state index in [4.69, 9.17) is 4.74 Å². The van der Waals surface area contributed by atoms with E-state index in [1.165, 1.54) is 12.1 Å². The SMILES string of the molecule is CN=C(NCC1(C)COC1)N(C)Cc1ccc(OC(F)F)cc1. The Hall–Kier alpha value is -1.89. The zero-order valence-electron chi connectivity index (χ0n) is 13.7. The second-order valence-corrected chi connectivity index (χ2v) is 6.08. The van der Waals surface area contributed by atoms with E-state index < -0.39 is 6.61 Å². The third kappa shape index (κ3) is 5.06. The average molecular weight is 327 g/mol. The van der Waals surface area contributed by atoms with Gasteiger partial charge in [0.25, 0.3) is 0 Å².